The van der Waals surface area contributed by atoms with Crippen molar-refractivity contribution in [3.8, 4) is 0 Å². The van der Waals surface area contributed by atoms with Gasteiger partial charge in [-0.25, -0.2) is 0 Å². The molecule has 0 saturated carbocycles. The molecule has 0 amide bonds. The highest BCUT2D eigenvalue weighted by atomic mass is 32.1. The highest BCUT2D eigenvalue weighted by molar-refractivity contribution is 7.17. The Balaban J connectivity index is 1.41. The van der Waals surface area contributed by atoms with Gasteiger partial charge in [0.15, 0.2) is 5.82 Å². The van der Waals surface area contributed by atoms with Gasteiger partial charge in [0.05, 0.1) is 0 Å². The number of fused-ring (bicyclic) bond motifs is 1. The summed E-state index contributed by atoms with van der Waals surface area (Å²) in [6.07, 6.45) is 4.14. The second kappa shape index (κ2) is 6.64. The van der Waals surface area contributed by atoms with Crippen molar-refractivity contribution < 1.29 is 0 Å². The van der Waals surface area contributed by atoms with Gasteiger partial charge in [-0.05, 0) is 47.4 Å². The number of hydrogen-bond acceptors (Lipinski definition) is 5. The number of hydrogen-bond donors (Lipinski definition) is 1. The van der Waals surface area contributed by atoms with Gasteiger partial charge in [0.2, 0.25) is 0 Å². The summed E-state index contributed by atoms with van der Waals surface area (Å²) >= 11 is 1.83. The lowest BCUT2D eigenvalue weighted by Gasteiger charge is -2.33. The summed E-state index contributed by atoms with van der Waals surface area (Å²) in [5.74, 6) is 0.986. The minimum Gasteiger partial charge on any atom is -0.354 e. The fraction of sp³-hybridized carbons (Fsp3) is 0.333. The molecular formula is C18H20N4S. The summed E-state index contributed by atoms with van der Waals surface area (Å²) < 4.78 is 1.37. The van der Waals surface area contributed by atoms with Crippen molar-refractivity contribution >= 4 is 27.2 Å². The molecule has 5 heteroatoms. The lowest BCUT2D eigenvalue weighted by atomic mass is 10.1. The van der Waals surface area contributed by atoms with Gasteiger partial charge in [0.1, 0.15) is 0 Å². The van der Waals surface area contributed by atoms with Gasteiger partial charge in [0, 0.05) is 36.6 Å². The number of nitrogens with zero attached hydrogens (tertiary/aromatic N) is 3. The first kappa shape index (κ1) is 14.6. The van der Waals surface area contributed by atoms with Crippen LogP contribution in [0.4, 0.5) is 5.82 Å². The van der Waals surface area contributed by atoms with Crippen LogP contribution in [0.15, 0.2) is 48.0 Å². The quantitative estimate of drug-likeness (QED) is 0.798. The van der Waals surface area contributed by atoms with Crippen molar-refractivity contribution in [3.63, 3.8) is 0 Å². The van der Waals surface area contributed by atoms with Gasteiger partial charge in [-0.2, -0.15) is 5.10 Å². The van der Waals surface area contributed by atoms with E-state index in [-0.39, 0.29) is 0 Å². The molecule has 118 valence electrons. The van der Waals surface area contributed by atoms with E-state index in [0.29, 0.717) is 6.04 Å². The van der Waals surface area contributed by atoms with Gasteiger partial charge >= 0.3 is 0 Å². The van der Waals surface area contributed by atoms with Gasteiger partial charge in [-0.3, -0.25) is 0 Å². The molecule has 0 spiro atoms. The maximum Gasteiger partial charge on any atom is 0.151 e. The van der Waals surface area contributed by atoms with Crippen LogP contribution in [0.25, 0.3) is 10.1 Å². The topological polar surface area (TPSA) is 41.1 Å². The number of benzene rings is 1. The number of piperidine rings is 1. The standard InChI is InChI=1S/C18H20N4S/c1-2-7-17-16(6-1)14(13-23-17)11-19-15-5-4-10-22(12-15)18-8-3-9-20-21-18/h1-3,6-9,13,15,19H,4-5,10-12H2. The highest BCUT2D eigenvalue weighted by Crippen LogP contribution is 2.26. The zero-order valence-electron chi connectivity index (χ0n) is 13.0. The summed E-state index contributed by atoms with van der Waals surface area (Å²) in [6, 6.07) is 13.1. The Hall–Kier alpha value is -1.98. The van der Waals surface area contributed by atoms with E-state index in [1.807, 2.05) is 23.5 Å². The van der Waals surface area contributed by atoms with E-state index in [1.165, 1.54) is 28.5 Å². The van der Waals surface area contributed by atoms with Crippen molar-refractivity contribution in [1.29, 1.82) is 0 Å². The van der Waals surface area contributed by atoms with E-state index < -0.39 is 0 Å². The maximum atomic E-state index is 4.24. The van der Waals surface area contributed by atoms with Crippen LogP contribution in [0.2, 0.25) is 0 Å². The third-order valence-electron chi connectivity index (χ3n) is 4.45. The first-order chi connectivity index (χ1) is 11.4. The molecule has 3 aromatic rings. The van der Waals surface area contributed by atoms with E-state index in [2.05, 4.69) is 50.1 Å². The zero-order chi connectivity index (χ0) is 15.5. The molecule has 1 N–H and O–H groups in total. The van der Waals surface area contributed by atoms with E-state index in [4.69, 9.17) is 0 Å². The van der Waals surface area contributed by atoms with Crippen molar-refractivity contribution in [3.05, 3.63) is 53.5 Å². The lowest BCUT2D eigenvalue weighted by Crippen LogP contribution is -2.45. The molecule has 0 bridgehead atoms. The fourth-order valence-electron chi connectivity index (χ4n) is 3.24. The van der Waals surface area contributed by atoms with Gasteiger partial charge in [-0.1, -0.05) is 18.2 Å². The van der Waals surface area contributed by atoms with E-state index in [0.717, 1.165) is 25.5 Å². The van der Waals surface area contributed by atoms with E-state index in [1.54, 1.807) is 6.20 Å². The van der Waals surface area contributed by atoms with Crippen molar-refractivity contribution in [1.82, 2.24) is 15.5 Å². The Kier molecular flexibility index (Phi) is 4.22. The van der Waals surface area contributed by atoms with E-state index >= 15 is 0 Å². The molecule has 1 fully saturated rings. The molecule has 3 heterocycles. The Morgan fingerprint density at radius 2 is 2.17 bits per heavy atom. The average molecular weight is 324 g/mol. The summed E-state index contributed by atoms with van der Waals surface area (Å²) in [5, 5.41) is 15.6. The van der Waals surface area contributed by atoms with Crippen molar-refractivity contribution in [2.24, 2.45) is 0 Å². The Morgan fingerprint density at radius 1 is 1.22 bits per heavy atom. The number of aromatic nitrogens is 2. The van der Waals surface area contributed by atoms with Crippen molar-refractivity contribution in [2.75, 3.05) is 18.0 Å². The Morgan fingerprint density at radius 3 is 3.09 bits per heavy atom. The summed E-state index contributed by atoms with van der Waals surface area (Å²) in [5.41, 5.74) is 1.40. The first-order valence-corrected chi connectivity index (χ1v) is 8.99. The minimum atomic E-state index is 0.504. The predicted octanol–water partition coefficient (Wildman–Crippen LogP) is 3.45. The molecule has 1 aliphatic rings. The minimum absolute atomic E-state index is 0.504. The van der Waals surface area contributed by atoms with Gasteiger partial charge in [0.25, 0.3) is 0 Å². The van der Waals surface area contributed by atoms with Crippen LogP contribution in [-0.4, -0.2) is 29.3 Å². The van der Waals surface area contributed by atoms with Crippen LogP contribution in [0.5, 0.6) is 0 Å². The predicted molar refractivity (Wildman–Crippen MR) is 95.9 cm³/mol. The smallest absolute Gasteiger partial charge is 0.151 e. The number of rotatable bonds is 4. The molecule has 2 aromatic heterocycles. The second-order valence-electron chi connectivity index (χ2n) is 6.01. The maximum absolute atomic E-state index is 4.24. The van der Waals surface area contributed by atoms with Crippen LogP contribution >= 0.6 is 11.3 Å². The van der Waals surface area contributed by atoms with Gasteiger partial charge in [-0.15, -0.1) is 16.4 Å². The second-order valence-corrected chi connectivity index (χ2v) is 6.92. The molecule has 0 aliphatic carbocycles. The fourth-order valence-corrected chi connectivity index (χ4v) is 4.20. The largest absolute Gasteiger partial charge is 0.354 e. The summed E-state index contributed by atoms with van der Waals surface area (Å²) in [7, 11) is 0. The van der Waals surface area contributed by atoms with Crippen LogP contribution in [0, 0.1) is 0 Å². The van der Waals surface area contributed by atoms with Crippen LogP contribution < -0.4 is 10.2 Å². The van der Waals surface area contributed by atoms with E-state index in [9.17, 15) is 0 Å². The molecule has 0 radical (unpaired) electrons. The Bertz CT molecular complexity index is 771. The molecular weight excluding hydrogens is 304 g/mol. The third kappa shape index (κ3) is 3.21. The monoisotopic (exact) mass is 324 g/mol. The molecule has 1 aliphatic heterocycles. The molecule has 23 heavy (non-hydrogen) atoms. The molecule has 4 nitrogen and oxygen atoms in total. The summed E-state index contributed by atoms with van der Waals surface area (Å²) in [6.45, 7) is 3.00. The number of anilines is 1. The lowest BCUT2D eigenvalue weighted by molar-refractivity contribution is 0.420. The summed E-state index contributed by atoms with van der Waals surface area (Å²) in [4.78, 5) is 2.33. The normalized spacial score (nSPS) is 18.4. The molecule has 4 rings (SSSR count). The zero-order valence-corrected chi connectivity index (χ0v) is 13.8. The highest BCUT2D eigenvalue weighted by Gasteiger charge is 2.20. The average Bonchev–Trinajstić information content (AvgIpc) is 3.04. The number of nitrogens with one attached hydrogen (secondary N) is 1. The first-order valence-electron chi connectivity index (χ1n) is 8.11. The van der Waals surface area contributed by atoms with Crippen molar-refractivity contribution in [2.45, 2.75) is 25.4 Å². The molecule has 1 atom stereocenters. The van der Waals surface area contributed by atoms with Crippen LogP contribution in [0.1, 0.15) is 18.4 Å². The molecule has 1 saturated heterocycles. The molecule has 1 unspecified atom stereocenters. The SMILES string of the molecule is c1cnnc(N2CCCC(NCc3csc4ccccc34)C2)c1. The number of thiophene rings is 1. The van der Waals surface area contributed by atoms with Gasteiger partial charge < -0.3 is 10.2 Å². The molecule has 1 aromatic carbocycles. The van der Waals surface area contributed by atoms with Crippen LogP contribution in [0.3, 0.4) is 0 Å². The van der Waals surface area contributed by atoms with Crippen LogP contribution in [-0.2, 0) is 6.54 Å². The Labute approximate surface area is 140 Å². The third-order valence-corrected chi connectivity index (χ3v) is 5.46.